The molecule has 3 heteroatoms. The lowest BCUT2D eigenvalue weighted by atomic mass is 9.95. The third-order valence-electron chi connectivity index (χ3n) is 3.78. The van der Waals surface area contributed by atoms with Gasteiger partial charge in [-0.2, -0.15) is 0 Å². The molecular weight excluding hydrogens is 174 g/mol. The van der Waals surface area contributed by atoms with Crippen molar-refractivity contribution in [2.45, 2.75) is 32.4 Å². The van der Waals surface area contributed by atoms with Gasteiger partial charge in [0.25, 0.3) is 0 Å². The van der Waals surface area contributed by atoms with Gasteiger partial charge >= 0.3 is 0 Å². The number of nitrogens with one attached hydrogen (secondary N) is 1. The van der Waals surface area contributed by atoms with Gasteiger partial charge in [-0.05, 0) is 26.1 Å². The highest BCUT2D eigenvalue weighted by Gasteiger charge is 2.33. The number of fused-ring (bicyclic) bond motifs is 2. The Balaban J connectivity index is 1.97. The van der Waals surface area contributed by atoms with Crippen molar-refractivity contribution in [3.05, 3.63) is 0 Å². The van der Waals surface area contributed by atoms with Crippen LogP contribution in [0.15, 0.2) is 0 Å². The number of piperidine rings is 1. The number of nitrogens with zero attached hydrogens (tertiary/aromatic N) is 2. The fraction of sp³-hybridized carbons (Fsp3) is 1.00. The van der Waals surface area contributed by atoms with Crippen molar-refractivity contribution < 1.29 is 0 Å². The molecule has 0 aromatic heterocycles. The lowest BCUT2D eigenvalue weighted by molar-refractivity contribution is 0.0582. The molecular formula is C11H23N3. The molecule has 2 aliphatic heterocycles. The van der Waals surface area contributed by atoms with Crippen molar-refractivity contribution in [3.8, 4) is 0 Å². The van der Waals surface area contributed by atoms with Crippen LogP contribution in [0, 0.1) is 0 Å². The van der Waals surface area contributed by atoms with E-state index in [1.807, 2.05) is 0 Å². The molecule has 2 saturated heterocycles. The van der Waals surface area contributed by atoms with Gasteiger partial charge in [0.1, 0.15) is 0 Å². The van der Waals surface area contributed by atoms with E-state index in [1.54, 1.807) is 0 Å². The standard InChI is InChI=1S/C11H23N3/c1-3-14(4-2)11-5-7-13-8-6-12-10(11)9-13/h10-12H,3-9H2,1-2H3. The molecule has 0 amide bonds. The third-order valence-corrected chi connectivity index (χ3v) is 3.78. The molecule has 3 unspecified atom stereocenters. The first-order valence-electron chi connectivity index (χ1n) is 6.05. The van der Waals surface area contributed by atoms with E-state index in [1.165, 1.54) is 45.7 Å². The van der Waals surface area contributed by atoms with Gasteiger partial charge < -0.3 is 10.2 Å². The summed E-state index contributed by atoms with van der Waals surface area (Å²) in [5.41, 5.74) is 0. The maximum absolute atomic E-state index is 3.67. The fourth-order valence-corrected chi connectivity index (χ4v) is 2.95. The molecule has 0 aromatic carbocycles. The zero-order valence-electron chi connectivity index (χ0n) is 9.50. The molecule has 2 heterocycles. The van der Waals surface area contributed by atoms with Crippen LogP contribution in [0.3, 0.4) is 0 Å². The smallest absolute Gasteiger partial charge is 0.0352 e. The van der Waals surface area contributed by atoms with E-state index in [-0.39, 0.29) is 0 Å². The minimum absolute atomic E-state index is 0.720. The molecule has 2 fully saturated rings. The maximum Gasteiger partial charge on any atom is 0.0352 e. The minimum Gasteiger partial charge on any atom is -0.310 e. The summed E-state index contributed by atoms with van der Waals surface area (Å²) in [5.74, 6) is 0. The van der Waals surface area contributed by atoms with Crippen LogP contribution in [0.25, 0.3) is 0 Å². The van der Waals surface area contributed by atoms with Crippen LogP contribution in [-0.4, -0.2) is 61.2 Å². The van der Waals surface area contributed by atoms with Gasteiger partial charge in [0.05, 0.1) is 0 Å². The second-order valence-corrected chi connectivity index (χ2v) is 4.44. The van der Waals surface area contributed by atoms with Crippen LogP contribution in [0.1, 0.15) is 20.3 Å². The number of piperazine rings is 1. The summed E-state index contributed by atoms with van der Waals surface area (Å²) in [7, 11) is 0. The average molecular weight is 197 g/mol. The molecule has 0 saturated carbocycles. The molecule has 2 bridgehead atoms. The molecule has 14 heavy (non-hydrogen) atoms. The Morgan fingerprint density at radius 1 is 1.29 bits per heavy atom. The molecule has 0 aliphatic carbocycles. The summed E-state index contributed by atoms with van der Waals surface area (Å²) in [6, 6.07) is 1.50. The van der Waals surface area contributed by atoms with Gasteiger partial charge in [-0.1, -0.05) is 13.8 Å². The minimum atomic E-state index is 0.720. The molecule has 0 aromatic rings. The van der Waals surface area contributed by atoms with Gasteiger partial charge in [0.15, 0.2) is 0 Å². The monoisotopic (exact) mass is 197 g/mol. The quantitative estimate of drug-likeness (QED) is 0.705. The number of hydrogen-bond donors (Lipinski definition) is 1. The van der Waals surface area contributed by atoms with Gasteiger partial charge in [-0.15, -0.1) is 0 Å². The summed E-state index contributed by atoms with van der Waals surface area (Å²) in [5, 5.41) is 3.67. The Labute approximate surface area is 87.4 Å². The fourth-order valence-electron chi connectivity index (χ4n) is 2.95. The summed E-state index contributed by atoms with van der Waals surface area (Å²) in [6.45, 7) is 11.9. The van der Waals surface area contributed by atoms with Crippen molar-refractivity contribution in [3.63, 3.8) is 0 Å². The van der Waals surface area contributed by atoms with Crippen LogP contribution in [0.5, 0.6) is 0 Å². The molecule has 1 N–H and O–H groups in total. The second-order valence-electron chi connectivity index (χ2n) is 4.44. The lowest BCUT2D eigenvalue weighted by Gasteiger charge is -2.47. The van der Waals surface area contributed by atoms with E-state index in [4.69, 9.17) is 0 Å². The summed E-state index contributed by atoms with van der Waals surface area (Å²) in [6.07, 6.45) is 1.35. The van der Waals surface area contributed by atoms with E-state index in [0.29, 0.717) is 0 Å². The molecule has 3 atom stereocenters. The SMILES string of the molecule is CCN(CC)C1CCN2CCNC1C2. The summed E-state index contributed by atoms with van der Waals surface area (Å²) >= 11 is 0. The lowest BCUT2D eigenvalue weighted by Crippen LogP contribution is -2.64. The van der Waals surface area contributed by atoms with Crippen LogP contribution >= 0.6 is 0 Å². The Kier molecular flexibility index (Phi) is 3.42. The van der Waals surface area contributed by atoms with Crippen LogP contribution in [0.4, 0.5) is 0 Å². The first-order chi connectivity index (χ1) is 6.85. The first kappa shape index (κ1) is 10.4. The van der Waals surface area contributed by atoms with Crippen LogP contribution in [-0.2, 0) is 0 Å². The largest absolute Gasteiger partial charge is 0.310 e. The molecule has 3 nitrogen and oxygen atoms in total. The highest BCUT2D eigenvalue weighted by atomic mass is 15.3. The molecule has 2 rings (SSSR count). The highest BCUT2D eigenvalue weighted by molar-refractivity contribution is 4.94. The highest BCUT2D eigenvalue weighted by Crippen LogP contribution is 2.18. The van der Waals surface area contributed by atoms with E-state index in [0.717, 1.165) is 12.1 Å². The predicted octanol–water partition coefficient (Wildman–Crippen LogP) is 0.374. The zero-order chi connectivity index (χ0) is 9.97. The Hall–Kier alpha value is -0.120. The molecule has 0 spiro atoms. The Morgan fingerprint density at radius 2 is 2.07 bits per heavy atom. The maximum atomic E-state index is 3.67. The normalized spacial score (nSPS) is 37.5. The molecule has 82 valence electrons. The van der Waals surface area contributed by atoms with E-state index in [2.05, 4.69) is 29.0 Å². The van der Waals surface area contributed by atoms with Gasteiger partial charge in [0, 0.05) is 31.7 Å². The van der Waals surface area contributed by atoms with E-state index in [9.17, 15) is 0 Å². The third kappa shape index (κ3) is 1.95. The van der Waals surface area contributed by atoms with Gasteiger partial charge in [-0.25, -0.2) is 0 Å². The van der Waals surface area contributed by atoms with Crippen molar-refractivity contribution in [1.29, 1.82) is 0 Å². The summed E-state index contributed by atoms with van der Waals surface area (Å²) in [4.78, 5) is 5.21. The topological polar surface area (TPSA) is 18.5 Å². The van der Waals surface area contributed by atoms with Crippen molar-refractivity contribution >= 4 is 0 Å². The van der Waals surface area contributed by atoms with E-state index >= 15 is 0 Å². The molecule has 0 radical (unpaired) electrons. The number of likely N-dealkylation sites (N-methyl/N-ethyl adjacent to an activating group) is 1. The van der Waals surface area contributed by atoms with E-state index < -0.39 is 0 Å². The number of rotatable bonds is 3. The van der Waals surface area contributed by atoms with Gasteiger partial charge in [0.2, 0.25) is 0 Å². The molecule has 2 aliphatic rings. The number of hydrogen-bond acceptors (Lipinski definition) is 3. The van der Waals surface area contributed by atoms with Crippen molar-refractivity contribution in [2.24, 2.45) is 0 Å². The zero-order valence-corrected chi connectivity index (χ0v) is 9.50. The summed E-state index contributed by atoms with van der Waals surface area (Å²) < 4.78 is 0. The Bertz CT molecular complexity index is 179. The first-order valence-corrected chi connectivity index (χ1v) is 6.05. The Morgan fingerprint density at radius 3 is 2.79 bits per heavy atom. The van der Waals surface area contributed by atoms with Crippen LogP contribution < -0.4 is 5.32 Å². The van der Waals surface area contributed by atoms with Crippen molar-refractivity contribution in [1.82, 2.24) is 15.1 Å². The second kappa shape index (κ2) is 4.60. The van der Waals surface area contributed by atoms with Crippen molar-refractivity contribution in [2.75, 3.05) is 39.3 Å². The predicted molar refractivity (Wildman–Crippen MR) is 59.6 cm³/mol. The average Bonchev–Trinajstić information content (AvgIpc) is 2.23. The van der Waals surface area contributed by atoms with Crippen LogP contribution in [0.2, 0.25) is 0 Å². The van der Waals surface area contributed by atoms with Gasteiger partial charge in [-0.3, -0.25) is 4.90 Å².